The smallest absolute Gasteiger partial charge is 0.310 e. The molecule has 0 aromatic heterocycles. The van der Waals surface area contributed by atoms with E-state index in [1.165, 1.54) is 4.90 Å². The molecule has 2 bridgehead atoms. The number of hydrogen-bond donors (Lipinski definition) is 2. The van der Waals surface area contributed by atoms with E-state index in [0.29, 0.717) is 32.2 Å². The van der Waals surface area contributed by atoms with Gasteiger partial charge in [-0.15, -0.1) is 6.58 Å². The van der Waals surface area contributed by atoms with Crippen molar-refractivity contribution < 1.29 is 29.3 Å². The zero-order valence-electron chi connectivity index (χ0n) is 19.3. The Bertz CT molecular complexity index is 773. The number of carbonyl (C=O) groups is 3. The lowest BCUT2D eigenvalue weighted by Crippen LogP contribution is -2.61. The van der Waals surface area contributed by atoms with Gasteiger partial charge >= 0.3 is 5.97 Å². The Morgan fingerprint density at radius 3 is 2.45 bits per heavy atom. The van der Waals surface area contributed by atoms with Crippen molar-refractivity contribution >= 4 is 17.8 Å². The molecule has 1 spiro atoms. The lowest BCUT2D eigenvalue weighted by Gasteiger charge is -2.43. The second-order valence-electron chi connectivity index (χ2n) is 10.1. The Balaban J connectivity index is 2.19. The minimum absolute atomic E-state index is 0.284. The molecule has 2 N–H and O–H groups in total. The number of ether oxygens (including phenoxy) is 1. The molecule has 0 aliphatic carbocycles. The number of fused-ring (bicyclic) bond motifs is 1. The molecule has 6 atom stereocenters. The zero-order valence-corrected chi connectivity index (χ0v) is 19.3. The van der Waals surface area contributed by atoms with E-state index in [4.69, 9.17) is 4.74 Å². The maximum absolute atomic E-state index is 14.0. The van der Waals surface area contributed by atoms with E-state index in [2.05, 4.69) is 6.58 Å². The normalized spacial score (nSPS) is 35.2. The van der Waals surface area contributed by atoms with Gasteiger partial charge in [0.25, 0.3) is 0 Å². The first-order chi connectivity index (χ1) is 14.5. The molecule has 0 aromatic carbocycles. The number of carboxylic acids is 1. The number of aliphatic hydroxyl groups excluding tert-OH is 1. The molecule has 3 saturated heterocycles. The van der Waals surface area contributed by atoms with E-state index in [9.17, 15) is 24.6 Å². The van der Waals surface area contributed by atoms with Crippen LogP contribution in [0.4, 0.5) is 0 Å². The molecule has 8 heteroatoms. The van der Waals surface area contributed by atoms with Gasteiger partial charge in [0, 0.05) is 12.1 Å². The Morgan fingerprint density at radius 1 is 1.35 bits per heavy atom. The third-order valence-corrected chi connectivity index (χ3v) is 7.58. The Labute approximate surface area is 184 Å². The van der Waals surface area contributed by atoms with E-state index >= 15 is 0 Å². The molecule has 174 valence electrons. The SMILES string of the molecule is C=CCN(C(=O)C1N([C@@H](CC)CO)C(=O)[C@@H]2[C@H](C(=O)O)[C@]3(CC)CCC12O3)C(C)(C)C. The fourth-order valence-corrected chi connectivity index (χ4v) is 6.09. The van der Waals surface area contributed by atoms with Gasteiger partial charge in [-0.1, -0.05) is 19.9 Å². The number of carbonyl (C=O) groups excluding carboxylic acids is 2. The highest BCUT2D eigenvalue weighted by Gasteiger charge is 2.79. The number of rotatable bonds is 8. The van der Waals surface area contributed by atoms with Crippen LogP contribution in [0.25, 0.3) is 0 Å². The first-order valence-corrected chi connectivity index (χ1v) is 11.2. The molecule has 3 heterocycles. The van der Waals surface area contributed by atoms with E-state index < -0.39 is 52.5 Å². The number of aliphatic hydroxyl groups is 1. The molecule has 3 rings (SSSR count). The van der Waals surface area contributed by atoms with Gasteiger partial charge < -0.3 is 24.7 Å². The molecule has 3 aliphatic heterocycles. The van der Waals surface area contributed by atoms with Crippen LogP contribution in [0.2, 0.25) is 0 Å². The summed E-state index contributed by atoms with van der Waals surface area (Å²) in [4.78, 5) is 43.2. The van der Waals surface area contributed by atoms with Crippen LogP contribution >= 0.6 is 0 Å². The summed E-state index contributed by atoms with van der Waals surface area (Å²) in [6, 6.07) is -1.55. The highest BCUT2D eigenvalue weighted by atomic mass is 16.5. The van der Waals surface area contributed by atoms with E-state index in [1.54, 1.807) is 11.0 Å². The van der Waals surface area contributed by atoms with Gasteiger partial charge in [-0.05, 0) is 46.5 Å². The van der Waals surface area contributed by atoms with Crippen molar-refractivity contribution in [3.8, 4) is 0 Å². The highest BCUT2D eigenvalue weighted by molar-refractivity contribution is 5.98. The van der Waals surface area contributed by atoms with Crippen molar-refractivity contribution in [1.29, 1.82) is 0 Å². The quantitative estimate of drug-likeness (QED) is 0.562. The fourth-order valence-electron chi connectivity index (χ4n) is 6.09. The average Bonchev–Trinajstić information content (AvgIpc) is 3.30. The third kappa shape index (κ3) is 3.21. The van der Waals surface area contributed by atoms with Gasteiger partial charge in [-0.2, -0.15) is 0 Å². The minimum atomic E-state index is -1.19. The lowest BCUT2D eigenvalue weighted by molar-refractivity contribution is -0.162. The molecule has 31 heavy (non-hydrogen) atoms. The second kappa shape index (κ2) is 7.89. The molecular formula is C23H36N2O6. The van der Waals surface area contributed by atoms with Crippen LogP contribution < -0.4 is 0 Å². The van der Waals surface area contributed by atoms with Crippen molar-refractivity contribution in [3.63, 3.8) is 0 Å². The van der Waals surface area contributed by atoms with Crippen molar-refractivity contribution in [2.45, 2.75) is 89.1 Å². The van der Waals surface area contributed by atoms with Gasteiger partial charge in [-0.25, -0.2) is 0 Å². The number of nitrogens with zero attached hydrogens (tertiary/aromatic N) is 2. The van der Waals surface area contributed by atoms with E-state index in [1.807, 2.05) is 34.6 Å². The van der Waals surface area contributed by atoms with Gasteiger partial charge in [-0.3, -0.25) is 14.4 Å². The van der Waals surface area contributed by atoms with Gasteiger partial charge in [0.05, 0.1) is 24.2 Å². The monoisotopic (exact) mass is 436 g/mol. The third-order valence-electron chi connectivity index (χ3n) is 7.58. The topological polar surface area (TPSA) is 107 Å². The van der Waals surface area contributed by atoms with Crippen molar-refractivity contribution in [1.82, 2.24) is 9.80 Å². The van der Waals surface area contributed by atoms with Crippen LogP contribution in [0, 0.1) is 11.8 Å². The van der Waals surface area contributed by atoms with Crippen LogP contribution in [0.1, 0.15) is 60.3 Å². The molecular weight excluding hydrogens is 400 g/mol. The lowest BCUT2D eigenvalue weighted by atomic mass is 9.65. The average molecular weight is 437 g/mol. The predicted octanol–water partition coefficient (Wildman–Crippen LogP) is 1.81. The minimum Gasteiger partial charge on any atom is -0.481 e. The fraction of sp³-hybridized carbons (Fsp3) is 0.783. The Hall–Kier alpha value is -1.93. The molecule has 0 aromatic rings. The highest BCUT2D eigenvalue weighted by Crippen LogP contribution is 2.64. The maximum atomic E-state index is 14.0. The zero-order chi connectivity index (χ0) is 23.4. The molecule has 8 nitrogen and oxygen atoms in total. The van der Waals surface area contributed by atoms with Crippen LogP contribution in [-0.4, -0.2) is 79.8 Å². The van der Waals surface area contributed by atoms with Crippen LogP contribution in [0.15, 0.2) is 12.7 Å². The first-order valence-electron chi connectivity index (χ1n) is 11.2. The number of hydrogen-bond acceptors (Lipinski definition) is 5. The number of amides is 2. The Kier molecular flexibility index (Phi) is 6.04. The van der Waals surface area contributed by atoms with Crippen molar-refractivity contribution in [2.75, 3.05) is 13.2 Å². The van der Waals surface area contributed by atoms with Crippen molar-refractivity contribution in [2.24, 2.45) is 11.8 Å². The summed E-state index contributed by atoms with van der Waals surface area (Å²) >= 11 is 0. The number of aliphatic carboxylic acids is 1. The summed E-state index contributed by atoms with van der Waals surface area (Å²) in [5, 5.41) is 20.1. The molecule has 2 unspecified atom stereocenters. The van der Waals surface area contributed by atoms with E-state index in [0.717, 1.165) is 0 Å². The summed E-state index contributed by atoms with van der Waals surface area (Å²) in [7, 11) is 0. The largest absolute Gasteiger partial charge is 0.481 e. The number of carboxylic acid groups (broad SMARTS) is 1. The molecule has 0 saturated carbocycles. The predicted molar refractivity (Wildman–Crippen MR) is 114 cm³/mol. The summed E-state index contributed by atoms with van der Waals surface area (Å²) in [5.41, 5.74) is -2.68. The van der Waals surface area contributed by atoms with Crippen LogP contribution in [0.5, 0.6) is 0 Å². The number of likely N-dealkylation sites (tertiary alicyclic amines) is 1. The summed E-state index contributed by atoms with van der Waals surface area (Å²) in [5.74, 6) is -3.68. The molecule has 3 aliphatic rings. The summed E-state index contributed by atoms with van der Waals surface area (Å²) in [6.45, 7) is 13.2. The molecule has 3 fully saturated rings. The van der Waals surface area contributed by atoms with Gasteiger partial charge in [0.15, 0.2) is 0 Å². The Morgan fingerprint density at radius 2 is 2.00 bits per heavy atom. The second-order valence-corrected chi connectivity index (χ2v) is 10.1. The van der Waals surface area contributed by atoms with Gasteiger partial charge in [0.1, 0.15) is 17.6 Å². The summed E-state index contributed by atoms with van der Waals surface area (Å²) < 4.78 is 6.51. The van der Waals surface area contributed by atoms with Gasteiger partial charge in [0.2, 0.25) is 11.8 Å². The van der Waals surface area contributed by atoms with Crippen LogP contribution in [0.3, 0.4) is 0 Å². The van der Waals surface area contributed by atoms with Crippen molar-refractivity contribution in [3.05, 3.63) is 12.7 Å². The molecule has 2 amide bonds. The standard InChI is InChI=1S/C23H36N2O6/c1-7-12-24(21(4,5)6)19(28)17-23-11-10-22(9-3,31-23)16(20(29)30)15(23)18(27)25(17)14(8-2)13-26/h7,14-17,26H,1,8-13H2,2-6H3,(H,29,30)/t14-,15-,16+,17?,22-,23?/m0/s1. The maximum Gasteiger partial charge on any atom is 0.310 e. The van der Waals surface area contributed by atoms with Crippen LogP contribution in [-0.2, 0) is 19.1 Å². The molecule has 0 radical (unpaired) electrons. The first kappa shape index (κ1) is 23.7. The summed E-state index contributed by atoms with van der Waals surface area (Å²) in [6.07, 6.45) is 3.49. The van der Waals surface area contributed by atoms with E-state index in [-0.39, 0.29) is 12.5 Å².